The van der Waals surface area contributed by atoms with Gasteiger partial charge in [0.1, 0.15) is 6.54 Å². The van der Waals surface area contributed by atoms with E-state index in [0.717, 1.165) is 5.56 Å². The third kappa shape index (κ3) is 7.15. The molecule has 2 amide bonds. The molecule has 6 nitrogen and oxygen atoms in total. The average molecular weight is 341 g/mol. The largest absolute Gasteiger partial charge is 0.480 e. The highest BCUT2D eigenvalue weighted by molar-refractivity contribution is 6.30. The maximum absolute atomic E-state index is 12.2. The molecule has 0 spiro atoms. The topological polar surface area (TPSA) is 77.9 Å². The Kier molecular flexibility index (Phi) is 7.54. The fourth-order valence-electron chi connectivity index (χ4n) is 1.98. The molecule has 7 heteroatoms. The van der Waals surface area contributed by atoms with E-state index in [-0.39, 0.29) is 37.7 Å². The fourth-order valence-corrected chi connectivity index (χ4v) is 2.10. The van der Waals surface area contributed by atoms with E-state index in [0.29, 0.717) is 11.4 Å². The van der Waals surface area contributed by atoms with Crippen molar-refractivity contribution in [3.05, 3.63) is 34.9 Å². The molecule has 0 bridgehead atoms. The zero-order valence-electron chi connectivity index (χ0n) is 13.3. The summed E-state index contributed by atoms with van der Waals surface area (Å²) in [5.74, 6) is -1.41. The molecule has 0 radical (unpaired) electrons. The van der Waals surface area contributed by atoms with E-state index >= 15 is 0 Å². The second-order valence-corrected chi connectivity index (χ2v) is 5.85. The van der Waals surface area contributed by atoms with Gasteiger partial charge in [-0.1, -0.05) is 23.7 Å². The van der Waals surface area contributed by atoms with Crippen LogP contribution in [0.3, 0.4) is 0 Å². The first-order valence-electron chi connectivity index (χ1n) is 7.23. The Labute approximate surface area is 140 Å². The van der Waals surface area contributed by atoms with Crippen molar-refractivity contribution in [2.24, 2.45) is 0 Å². The van der Waals surface area contributed by atoms with Gasteiger partial charge in [0.25, 0.3) is 0 Å². The van der Waals surface area contributed by atoms with Crippen LogP contribution in [0.2, 0.25) is 5.02 Å². The zero-order chi connectivity index (χ0) is 17.4. The SMILES string of the molecule is CN(C)C(=O)CCCC(=O)N(CC(=O)O)Cc1ccc(Cl)cc1. The summed E-state index contributed by atoms with van der Waals surface area (Å²) in [6, 6.07) is 6.88. The normalized spacial score (nSPS) is 10.2. The molecule has 1 aromatic rings. The van der Waals surface area contributed by atoms with Crippen molar-refractivity contribution < 1.29 is 19.5 Å². The molecular weight excluding hydrogens is 320 g/mol. The molecule has 0 aliphatic rings. The molecule has 1 rings (SSSR count). The summed E-state index contributed by atoms with van der Waals surface area (Å²) in [6.45, 7) is -0.174. The molecule has 23 heavy (non-hydrogen) atoms. The van der Waals surface area contributed by atoms with E-state index in [1.54, 1.807) is 38.4 Å². The summed E-state index contributed by atoms with van der Waals surface area (Å²) < 4.78 is 0. The van der Waals surface area contributed by atoms with Crippen LogP contribution in [0.25, 0.3) is 0 Å². The summed E-state index contributed by atoms with van der Waals surface area (Å²) >= 11 is 5.81. The van der Waals surface area contributed by atoms with Gasteiger partial charge in [0.2, 0.25) is 11.8 Å². The van der Waals surface area contributed by atoms with Crippen molar-refractivity contribution in [2.45, 2.75) is 25.8 Å². The van der Waals surface area contributed by atoms with E-state index < -0.39 is 5.97 Å². The quantitative estimate of drug-likeness (QED) is 0.785. The van der Waals surface area contributed by atoms with Crippen LogP contribution in [-0.4, -0.2) is 53.3 Å². The van der Waals surface area contributed by atoms with Crippen LogP contribution in [0.1, 0.15) is 24.8 Å². The molecule has 0 saturated carbocycles. The number of halogens is 1. The third-order valence-electron chi connectivity index (χ3n) is 3.25. The van der Waals surface area contributed by atoms with Crippen LogP contribution in [-0.2, 0) is 20.9 Å². The van der Waals surface area contributed by atoms with Gasteiger partial charge in [-0.15, -0.1) is 0 Å². The van der Waals surface area contributed by atoms with Crippen molar-refractivity contribution in [3.8, 4) is 0 Å². The minimum atomic E-state index is -1.07. The Morgan fingerprint density at radius 2 is 1.61 bits per heavy atom. The lowest BCUT2D eigenvalue weighted by Crippen LogP contribution is -2.35. The van der Waals surface area contributed by atoms with Gasteiger partial charge in [0.15, 0.2) is 0 Å². The van der Waals surface area contributed by atoms with Crippen molar-refractivity contribution in [1.82, 2.24) is 9.80 Å². The summed E-state index contributed by atoms with van der Waals surface area (Å²) in [5.41, 5.74) is 0.799. The van der Waals surface area contributed by atoms with Gasteiger partial charge in [0, 0.05) is 38.5 Å². The van der Waals surface area contributed by atoms with E-state index in [1.165, 1.54) is 9.80 Å². The minimum absolute atomic E-state index is 0.0553. The molecule has 0 saturated heterocycles. The molecule has 0 fully saturated rings. The first kappa shape index (κ1) is 19.0. The first-order valence-corrected chi connectivity index (χ1v) is 7.61. The van der Waals surface area contributed by atoms with E-state index in [2.05, 4.69) is 0 Å². The summed E-state index contributed by atoms with van der Waals surface area (Å²) in [7, 11) is 3.31. The van der Waals surface area contributed by atoms with Crippen molar-refractivity contribution in [3.63, 3.8) is 0 Å². The van der Waals surface area contributed by atoms with Crippen LogP contribution >= 0.6 is 11.6 Å². The fraction of sp³-hybridized carbons (Fsp3) is 0.438. The highest BCUT2D eigenvalue weighted by Crippen LogP contribution is 2.13. The number of carboxylic acid groups (broad SMARTS) is 1. The highest BCUT2D eigenvalue weighted by Gasteiger charge is 2.17. The second-order valence-electron chi connectivity index (χ2n) is 5.41. The average Bonchev–Trinajstić information content (AvgIpc) is 2.48. The maximum atomic E-state index is 12.2. The van der Waals surface area contributed by atoms with Crippen LogP contribution in [0.5, 0.6) is 0 Å². The maximum Gasteiger partial charge on any atom is 0.323 e. The van der Waals surface area contributed by atoms with Gasteiger partial charge >= 0.3 is 5.97 Å². The lowest BCUT2D eigenvalue weighted by atomic mass is 10.1. The predicted octanol–water partition coefficient (Wildman–Crippen LogP) is 2.01. The first-order chi connectivity index (χ1) is 10.8. The number of carboxylic acids is 1. The van der Waals surface area contributed by atoms with Crippen molar-refractivity contribution in [2.75, 3.05) is 20.6 Å². The highest BCUT2D eigenvalue weighted by atomic mass is 35.5. The molecule has 126 valence electrons. The number of aliphatic carboxylic acids is 1. The van der Waals surface area contributed by atoms with Gasteiger partial charge < -0.3 is 14.9 Å². The van der Waals surface area contributed by atoms with Crippen molar-refractivity contribution >= 4 is 29.4 Å². The standard InChI is InChI=1S/C16H21ClN2O4/c1-18(2)14(20)4-3-5-15(21)19(11-16(22)23)10-12-6-8-13(17)9-7-12/h6-9H,3-5,10-11H2,1-2H3,(H,22,23). The number of nitrogens with zero attached hydrogens (tertiary/aromatic N) is 2. The van der Waals surface area contributed by atoms with Gasteiger partial charge in [-0.3, -0.25) is 14.4 Å². The molecule has 1 aromatic carbocycles. The van der Waals surface area contributed by atoms with Crippen molar-refractivity contribution in [1.29, 1.82) is 0 Å². The Morgan fingerprint density at radius 1 is 1.04 bits per heavy atom. The van der Waals surface area contributed by atoms with Crippen LogP contribution in [0.15, 0.2) is 24.3 Å². The van der Waals surface area contributed by atoms with Crippen LogP contribution in [0.4, 0.5) is 0 Å². The summed E-state index contributed by atoms with van der Waals surface area (Å²) in [6.07, 6.45) is 0.799. The summed E-state index contributed by atoms with van der Waals surface area (Å²) in [5, 5.41) is 9.54. The second kappa shape index (κ2) is 9.15. The van der Waals surface area contributed by atoms with Gasteiger partial charge in [-0.05, 0) is 24.1 Å². The van der Waals surface area contributed by atoms with E-state index in [9.17, 15) is 14.4 Å². The number of benzene rings is 1. The van der Waals surface area contributed by atoms with Gasteiger partial charge in [0.05, 0.1) is 0 Å². The van der Waals surface area contributed by atoms with Crippen LogP contribution < -0.4 is 0 Å². The number of hydrogen-bond donors (Lipinski definition) is 1. The minimum Gasteiger partial charge on any atom is -0.480 e. The van der Waals surface area contributed by atoms with Gasteiger partial charge in [-0.25, -0.2) is 0 Å². The Balaban J connectivity index is 2.62. The van der Waals surface area contributed by atoms with E-state index in [4.69, 9.17) is 16.7 Å². The Morgan fingerprint density at radius 3 is 2.13 bits per heavy atom. The Bertz CT molecular complexity index is 558. The lowest BCUT2D eigenvalue weighted by Gasteiger charge is -2.21. The van der Waals surface area contributed by atoms with Gasteiger partial charge in [-0.2, -0.15) is 0 Å². The number of carbonyl (C=O) groups is 3. The molecule has 0 heterocycles. The number of amides is 2. The molecule has 0 aromatic heterocycles. The number of carbonyl (C=O) groups excluding carboxylic acids is 2. The number of rotatable bonds is 8. The van der Waals surface area contributed by atoms with E-state index in [1.807, 2.05) is 0 Å². The molecule has 0 atom stereocenters. The molecule has 0 aliphatic heterocycles. The molecule has 1 N–H and O–H groups in total. The zero-order valence-corrected chi connectivity index (χ0v) is 14.0. The predicted molar refractivity (Wildman–Crippen MR) is 87.0 cm³/mol. The molecule has 0 aliphatic carbocycles. The van der Waals surface area contributed by atoms with Crippen LogP contribution in [0, 0.1) is 0 Å². The number of hydrogen-bond acceptors (Lipinski definition) is 3. The third-order valence-corrected chi connectivity index (χ3v) is 3.50. The lowest BCUT2D eigenvalue weighted by molar-refractivity contribution is -0.145. The summed E-state index contributed by atoms with van der Waals surface area (Å²) in [4.78, 5) is 37.4. The Hall–Kier alpha value is -2.08. The monoisotopic (exact) mass is 340 g/mol. The molecular formula is C16H21ClN2O4. The smallest absolute Gasteiger partial charge is 0.323 e. The molecule has 0 unspecified atom stereocenters.